The Morgan fingerprint density at radius 1 is 1.09 bits per heavy atom. The number of hydrogen-bond acceptors (Lipinski definition) is 3. The van der Waals surface area contributed by atoms with Crippen molar-refractivity contribution in [2.45, 2.75) is 13.0 Å². The molecule has 0 saturated heterocycles. The maximum atomic E-state index is 12.1. The highest BCUT2D eigenvalue weighted by atomic mass is 35.5. The number of carbonyl (C=O) groups excluding carboxylic acids is 2. The van der Waals surface area contributed by atoms with E-state index >= 15 is 0 Å². The van der Waals surface area contributed by atoms with Gasteiger partial charge in [0.05, 0.1) is 0 Å². The number of hydrogen-bond donors (Lipinski definition) is 0. The summed E-state index contributed by atoms with van der Waals surface area (Å²) in [4.78, 5) is 23.9. The number of ketones is 1. The van der Waals surface area contributed by atoms with Crippen LogP contribution in [0.1, 0.15) is 22.8 Å². The Morgan fingerprint density at radius 2 is 1.78 bits per heavy atom. The Kier molecular flexibility index (Phi) is 5.97. The summed E-state index contributed by atoms with van der Waals surface area (Å²) < 4.78 is 5.11. The van der Waals surface area contributed by atoms with Crippen LogP contribution in [0.3, 0.4) is 0 Å². The summed E-state index contributed by atoms with van der Waals surface area (Å²) in [6, 6.07) is 13.6. The Balaban J connectivity index is 1.99. The minimum atomic E-state index is -0.866. The van der Waals surface area contributed by atoms with Crippen molar-refractivity contribution in [3.63, 3.8) is 0 Å². The van der Waals surface area contributed by atoms with Crippen molar-refractivity contribution in [1.82, 2.24) is 0 Å². The number of ether oxygens (including phenoxy) is 1. The first-order valence-electron chi connectivity index (χ1n) is 6.90. The van der Waals surface area contributed by atoms with Gasteiger partial charge in [-0.3, -0.25) is 4.79 Å². The monoisotopic (exact) mass is 348 g/mol. The molecular weight excluding hydrogens is 335 g/mol. The first-order valence-corrected chi connectivity index (χ1v) is 7.66. The number of carbonyl (C=O) groups is 2. The molecule has 0 amide bonds. The molecule has 2 aromatic carbocycles. The standard InChI is InChI=1S/C18H14Cl2O3/c1-12(18(22)14-5-3-2-4-6-14)23-17(21)10-8-13-7-9-15(19)11-16(13)20/h2-12H,1H3/b10-8+. The topological polar surface area (TPSA) is 43.4 Å². The van der Waals surface area contributed by atoms with E-state index in [0.717, 1.165) is 0 Å². The van der Waals surface area contributed by atoms with Crippen molar-refractivity contribution in [2.24, 2.45) is 0 Å². The first-order chi connectivity index (χ1) is 11.0. The van der Waals surface area contributed by atoms with Crippen LogP contribution in [0.25, 0.3) is 6.08 Å². The molecule has 5 heteroatoms. The van der Waals surface area contributed by atoms with Gasteiger partial charge in [0.25, 0.3) is 0 Å². The van der Waals surface area contributed by atoms with Gasteiger partial charge >= 0.3 is 5.97 Å². The highest BCUT2D eigenvalue weighted by Crippen LogP contribution is 2.22. The summed E-state index contributed by atoms with van der Waals surface area (Å²) in [7, 11) is 0. The van der Waals surface area contributed by atoms with Gasteiger partial charge in [-0.1, -0.05) is 59.6 Å². The number of rotatable bonds is 5. The van der Waals surface area contributed by atoms with Gasteiger partial charge in [0, 0.05) is 21.7 Å². The lowest BCUT2D eigenvalue weighted by Crippen LogP contribution is -2.23. The fourth-order valence-electron chi connectivity index (χ4n) is 1.90. The van der Waals surface area contributed by atoms with E-state index in [1.54, 1.807) is 42.5 Å². The third-order valence-corrected chi connectivity index (χ3v) is 3.64. The molecule has 0 bridgehead atoms. The van der Waals surface area contributed by atoms with Gasteiger partial charge in [0.1, 0.15) is 0 Å². The molecule has 118 valence electrons. The van der Waals surface area contributed by atoms with E-state index in [9.17, 15) is 9.59 Å². The van der Waals surface area contributed by atoms with Gasteiger partial charge in [-0.15, -0.1) is 0 Å². The molecule has 0 saturated carbocycles. The zero-order chi connectivity index (χ0) is 16.8. The SMILES string of the molecule is CC(OC(=O)/C=C/c1ccc(Cl)cc1Cl)C(=O)c1ccccc1. The molecule has 3 nitrogen and oxygen atoms in total. The molecule has 0 aliphatic carbocycles. The van der Waals surface area contributed by atoms with Crippen LogP contribution in [-0.4, -0.2) is 17.9 Å². The van der Waals surface area contributed by atoms with E-state index in [0.29, 0.717) is 21.2 Å². The molecule has 0 heterocycles. The van der Waals surface area contributed by atoms with Crippen molar-refractivity contribution in [3.8, 4) is 0 Å². The van der Waals surface area contributed by atoms with E-state index in [2.05, 4.69) is 0 Å². The zero-order valence-corrected chi connectivity index (χ0v) is 13.8. The summed E-state index contributed by atoms with van der Waals surface area (Å²) in [5.41, 5.74) is 1.13. The maximum absolute atomic E-state index is 12.1. The van der Waals surface area contributed by atoms with Crippen LogP contribution in [0.15, 0.2) is 54.6 Å². The average Bonchev–Trinajstić information content (AvgIpc) is 2.54. The quantitative estimate of drug-likeness (QED) is 0.442. The van der Waals surface area contributed by atoms with Crippen LogP contribution in [0.5, 0.6) is 0 Å². The molecule has 0 fully saturated rings. The van der Waals surface area contributed by atoms with Crippen LogP contribution >= 0.6 is 23.2 Å². The first kappa shape index (κ1) is 17.3. The highest BCUT2D eigenvalue weighted by molar-refractivity contribution is 6.35. The number of benzene rings is 2. The Hall–Kier alpha value is -2.10. The molecule has 2 aromatic rings. The number of esters is 1. The van der Waals surface area contributed by atoms with E-state index in [1.807, 2.05) is 6.07 Å². The van der Waals surface area contributed by atoms with Crippen molar-refractivity contribution < 1.29 is 14.3 Å². The molecule has 1 unspecified atom stereocenters. The molecule has 2 rings (SSSR count). The third-order valence-electron chi connectivity index (χ3n) is 3.08. The third kappa shape index (κ3) is 4.95. The molecule has 0 aliphatic heterocycles. The highest BCUT2D eigenvalue weighted by Gasteiger charge is 2.18. The zero-order valence-electron chi connectivity index (χ0n) is 12.3. The lowest BCUT2D eigenvalue weighted by atomic mass is 10.1. The van der Waals surface area contributed by atoms with Crippen LogP contribution in [0.4, 0.5) is 0 Å². The minimum absolute atomic E-state index is 0.253. The van der Waals surface area contributed by atoms with Crippen LogP contribution in [-0.2, 0) is 9.53 Å². The van der Waals surface area contributed by atoms with E-state index in [-0.39, 0.29) is 5.78 Å². The van der Waals surface area contributed by atoms with Gasteiger partial charge in [-0.2, -0.15) is 0 Å². The lowest BCUT2D eigenvalue weighted by Gasteiger charge is -2.10. The molecule has 0 N–H and O–H groups in total. The van der Waals surface area contributed by atoms with Gasteiger partial charge in [-0.25, -0.2) is 4.79 Å². The summed E-state index contributed by atoms with van der Waals surface area (Å²) >= 11 is 11.8. The summed E-state index contributed by atoms with van der Waals surface area (Å²) in [5, 5.41) is 0.937. The Bertz CT molecular complexity index is 739. The summed E-state index contributed by atoms with van der Waals surface area (Å²) in [6.45, 7) is 1.54. The molecule has 0 spiro atoms. The largest absolute Gasteiger partial charge is 0.451 e. The van der Waals surface area contributed by atoms with Crippen molar-refractivity contribution in [3.05, 3.63) is 75.8 Å². The smallest absolute Gasteiger partial charge is 0.331 e. The van der Waals surface area contributed by atoms with Crippen LogP contribution < -0.4 is 0 Å². The van der Waals surface area contributed by atoms with Gasteiger partial charge in [0.15, 0.2) is 6.10 Å². The van der Waals surface area contributed by atoms with Crippen molar-refractivity contribution in [1.29, 1.82) is 0 Å². The van der Waals surface area contributed by atoms with Gasteiger partial charge in [0.2, 0.25) is 5.78 Å². The molecule has 0 radical (unpaired) electrons. The Labute approximate surface area is 144 Å². The predicted molar refractivity (Wildman–Crippen MR) is 91.8 cm³/mol. The second kappa shape index (κ2) is 7.95. The molecule has 0 aromatic heterocycles. The number of halogens is 2. The van der Waals surface area contributed by atoms with Crippen LogP contribution in [0.2, 0.25) is 10.0 Å². The summed E-state index contributed by atoms with van der Waals surface area (Å²) in [5.74, 6) is -0.871. The normalized spacial score (nSPS) is 12.1. The van der Waals surface area contributed by atoms with Crippen molar-refractivity contribution in [2.75, 3.05) is 0 Å². The minimum Gasteiger partial charge on any atom is -0.451 e. The summed E-state index contributed by atoms with van der Waals surface area (Å²) in [6.07, 6.45) is 1.88. The lowest BCUT2D eigenvalue weighted by molar-refractivity contribution is -0.140. The van der Waals surface area contributed by atoms with Crippen molar-refractivity contribution >= 4 is 41.0 Å². The second-order valence-electron chi connectivity index (χ2n) is 4.81. The fraction of sp³-hybridized carbons (Fsp3) is 0.111. The van der Waals surface area contributed by atoms with Gasteiger partial charge < -0.3 is 4.74 Å². The van der Waals surface area contributed by atoms with E-state index in [4.69, 9.17) is 27.9 Å². The van der Waals surface area contributed by atoms with Crippen LogP contribution in [0, 0.1) is 0 Å². The fourth-order valence-corrected chi connectivity index (χ4v) is 2.37. The number of Topliss-reactive ketones (excluding diaryl/α,β-unsaturated/α-hetero) is 1. The van der Waals surface area contributed by atoms with Gasteiger partial charge in [-0.05, 0) is 30.7 Å². The second-order valence-corrected chi connectivity index (χ2v) is 5.65. The molecular formula is C18H14Cl2O3. The average molecular weight is 349 g/mol. The van der Waals surface area contributed by atoms with E-state index < -0.39 is 12.1 Å². The maximum Gasteiger partial charge on any atom is 0.331 e. The Morgan fingerprint density at radius 3 is 2.43 bits per heavy atom. The molecule has 0 aliphatic rings. The predicted octanol–water partition coefficient (Wildman–Crippen LogP) is 4.82. The molecule has 1 atom stereocenters. The van der Waals surface area contributed by atoms with E-state index in [1.165, 1.54) is 19.1 Å². The molecule has 23 heavy (non-hydrogen) atoms.